The SMILES string of the molecule is CC(=O)OCCCC(=O)Oc1cn(-c2ccccc2C(=O)c2ccc(N(C)C)cc2)c2ccccc12. The fourth-order valence-corrected chi connectivity index (χ4v) is 3.98. The Balaban J connectivity index is 1.65. The number of fused-ring (bicyclic) bond motifs is 1. The topological polar surface area (TPSA) is 77.8 Å². The summed E-state index contributed by atoms with van der Waals surface area (Å²) in [5.41, 5.74) is 3.63. The van der Waals surface area contributed by atoms with Crippen LogP contribution in [0.2, 0.25) is 0 Å². The molecule has 4 rings (SSSR count). The van der Waals surface area contributed by atoms with E-state index in [0.29, 0.717) is 29.0 Å². The van der Waals surface area contributed by atoms with Crippen LogP contribution in [0.5, 0.6) is 5.75 Å². The summed E-state index contributed by atoms with van der Waals surface area (Å²) in [7, 11) is 3.90. The molecular formula is C29H28N2O5. The lowest BCUT2D eigenvalue weighted by Gasteiger charge is -2.14. The molecule has 0 amide bonds. The number of ketones is 1. The molecule has 7 nitrogen and oxygen atoms in total. The van der Waals surface area contributed by atoms with Gasteiger partial charge >= 0.3 is 11.9 Å². The van der Waals surface area contributed by atoms with Gasteiger partial charge in [-0.3, -0.25) is 14.4 Å². The molecular weight excluding hydrogens is 456 g/mol. The third kappa shape index (κ3) is 5.46. The number of nitrogens with zero attached hydrogens (tertiary/aromatic N) is 2. The highest BCUT2D eigenvalue weighted by atomic mass is 16.5. The van der Waals surface area contributed by atoms with E-state index >= 15 is 0 Å². The third-order valence-electron chi connectivity index (χ3n) is 5.78. The quantitative estimate of drug-likeness (QED) is 0.185. The van der Waals surface area contributed by atoms with Crippen molar-refractivity contribution in [1.82, 2.24) is 4.57 Å². The number of ether oxygens (including phenoxy) is 2. The van der Waals surface area contributed by atoms with E-state index in [2.05, 4.69) is 0 Å². The number of hydrogen-bond acceptors (Lipinski definition) is 6. The molecule has 1 aromatic heterocycles. The second kappa shape index (κ2) is 10.9. The Labute approximate surface area is 209 Å². The van der Waals surface area contributed by atoms with Crippen LogP contribution in [-0.4, -0.2) is 43.0 Å². The molecule has 0 fully saturated rings. The molecule has 184 valence electrons. The van der Waals surface area contributed by atoms with E-state index in [4.69, 9.17) is 9.47 Å². The minimum absolute atomic E-state index is 0.0993. The standard InChI is InChI=1S/C29H28N2O5/c1-20(32)35-18-8-13-28(33)36-27-19-31(25-11-6-4-9-23(25)27)26-12-7-5-10-24(26)29(34)21-14-16-22(17-15-21)30(2)3/h4-7,9-12,14-17,19H,8,13,18H2,1-3H3. The predicted molar refractivity (Wildman–Crippen MR) is 139 cm³/mol. The van der Waals surface area contributed by atoms with Crippen LogP contribution in [-0.2, 0) is 14.3 Å². The van der Waals surface area contributed by atoms with Gasteiger partial charge in [0.2, 0.25) is 0 Å². The second-order valence-electron chi connectivity index (χ2n) is 8.59. The van der Waals surface area contributed by atoms with E-state index in [1.54, 1.807) is 12.3 Å². The Bertz CT molecular complexity index is 1400. The average molecular weight is 485 g/mol. The molecule has 0 aliphatic rings. The monoisotopic (exact) mass is 484 g/mol. The number of carbonyl (C=O) groups excluding carboxylic acids is 3. The Morgan fingerprint density at radius 2 is 1.58 bits per heavy atom. The molecule has 0 spiro atoms. The Hall–Kier alpha value is -4.39. The summed E-state index contributed by atoms with van der Waals surface area (Å²) in [6, 6.07) is 22.4. The molecule has 0 bridgehead atoms. The number of esters is 2. The summed E-state index contributed by atoms with van der Waals surface area (Å²) in [5, 5.41) is 0.753. The fourth-order valence-electron chi connectivity index (χ4n) is 3.98. The third-order valence-corrected chi connectivity index (χ3v) is 5.78. The van der Waals surface area contributed by atoms with Crippen molar-refractivity contribution in [2.45, 2.75) is 19.8 Å². The van der Waals surface area contributed by atoms with E-state index < -0.39 is 5.97 Å². The van der Waals surface area contributed by atoms with E-state index in [1.165, 1.54) is 6.92 Å². The summed E-state index contributed by atoms with van der Waals surface area (Å²) in [4.78, 5) is 38.8. The zero-order valence-corrected chi connectivity index (χ0v) is 20.6. The summed E-state index contributed by atoms with van der Waals surface area (Å²) < 4.78 is 12.4. The minimum Gasteiger partial charge on any atom is -0.466 e. The lowest BCUT2D eigenvalue weighted by molar-refractivity contribution is -0.142. The molecule has 3 aromatic carbocycles. The van der Waals surface area contributed by atoms with Crippen LogP contribution in [0.3, 0.4) is 0 Å². The van der Waals surface area contributed by atoms with Gasteiger partial charge in [0.15, 0.2) is 11.5 Å². The highest BCUT2D eigenvalue weighted by Gasteiger charge is 2.19. The van der Waals surface area contributed by atoms with Crippen LogP contribution in [0, 0.1) is 0 Å². The summed E-state index contributed by atoms with van der Waals surface area (Å²) in [5.74, 6) is -0.498. The molecule has 0 unspecified atom stereocenters. The zero-order chi connectivity index (χ0) is 25.7. The molecule has 7 heteroatoms. The van der Waals surface area contributed by atoms with Crippen LogP contribution >= 0.6 is 0 Å². The molecule has 0 N–H and O–H groups in total. The molecule has 0 saturated carbocycles. The molecule has 0 atom stereocenters. The molecule has 4 aromatic rings. The first kappa shape index (κ1) is 24.7. The van der Waals surface area contributed by atoms with Crippen molar-refractivity contribution >= 4 is 34.3 Å². The van der Waals surface area contributed by atoms with Gasteiger partial charge in [-0.1, -0.05) is 24.3 Å². The molecule has 0 saturated heterocycles. The van der Waals surface area contributed by atoms with Crippen LogP contribution in [0.25, 0.3) is 16.6 Å². The van der Waals surface area contributed by atoms with Gasteiger partial charge in [-0.15, -0.1) is 0 Å². The number of hydrogen-bond donors (Lipinski definition) is 0. The molecule has 0 radical (unpaired) electrons. The van der Waals surface area contributed by atoms with Gasteiger partial charge < -0.3 is 18.9 Å². The molecule has 0 aliphatic heterocycles. The number of carbonyl (C=O) groups is 3. The van der Waals surface area contributed by atoms with Gasteiger partial charge in [0.05, 0.1) is 24.0 Å². The second-order valence-corrected chi connectivity index (χ2v) is 8.59. The van der Waals surface area contributed by atoms with Crippen LogP contribution < -0.4 is 9.64 Å². The molecule has 0 aliphatic carbocycles. The normalized spacial score (nSPS) is 10.8. The van der Waals surface area contributed by atoms with Crippen molar-refractivity contribution < 1.29 is 23.9 Å². The fraction of sp³-hybridized carbons (Fsp3) is 0.207. The number of benzene rings is 3. The first-order valence-electron chi connectivity index (χ1n) is 11.7. The van der Waals surface area contributed by atoms with E-state index in [1.807, 2.05) is 90.3 Å². The van der Waals surface area contributed by atoms with E-state index in [-0.39, 0.29) is 24.8 Å². The Kier molecular flexibility index (Phi) is 7.49. The van der Waals surface area contributed by atoms with Gasteiger partial charge in [0.25, 0.3) is 0 Å². The predicted octanol–water partition coefficient (Wildman–Crippen LogP) is 5.18. The summed E-state index contributed by atoms with van der Waals surface area (Å²) >= 11 is 0. The van der Waals surface area contributed by atoms with Crippen molar-refractivity contribution in [3.8, 4) is 11.4 Å². The summed E-state index contributed by atoms with van der Waals surface area (Å²) in [6.07, 6.45) is 2.22. The van der Waals surface area contributed by atoms with Crippen molar-refractivity contribution in [3.63, 3.8) is 0 Å². The van der Waals surface area contributed by atoms with Gasteiger partial charge in [0, 0.05) is 49.6 Å². The number of para-hydroxylation sites is 2. The average Bonchev–Trinajstić information content (AvgIpc) is 3.24. The highest BCUT2D eigenvalue weighted by Crippen LogP contribution is 2.32. The minimum atomic E-state index is -0.421. The lowest BCUT2D eigenvalue weighted by atomic mass is 10.0. The Morgan fingerprint density at radius 3 is 2.31 bits per heavy atom. The van der Waals surface area contributed by atoms with Gasteiger partial charge in [-0.05, 0) is 55.0 Å². The van der Waals surface area contributed by atoms with Gasteiger partial charge in [-0.25, -0.2) is 0 Å². The maximum Gasteiger partial charge on any atom is 0.311 e. The van der Waals surface area contributed by atoms with Crippen LogP contribution in [0.4, 0.5) is 5.69 Å². The molecule has 1 heterocycles. The zero-order valence-electron chi connectivity index (χ0n) is 20.6. The first-order chi connectivity index (χ1) is 17.3. The van der Waals surface area contributed by atoms with Crippen molar-refractivity contribution in [2.75, 3.05) is 25.6 Å². The number of anilines is 1. The van der Waals surface area contributed by atoms with Crippen molar-refractivity contribution in [1.29, 1.82) is 0 Å². The highest BCUT2D eigenvalue weighted by molar-refractivity contribution is 6.11. The largest absolute Gasteiger partial charge is 0.466 e. The van der Waals surface area contributed by atoms with Crippen LogP contribution in [0.15, 0.2) is 79.0 Å². The van der Waals surface area contributed by atoms with E-state index in [9.17, 15) is 14.4 Å². The molecule has 36 heavy (non-hydrogen) atoms. The number of aromatic nitrogens is 1. The van der Waals surface area contributed by atoms with Crippen molar-refractivity contribution in [3.05, 3.63) is 90.1 Å². The van der Waals surface area contributed by atoms with Crippen LogP contribution in [0.1, 0.15) is 35.7 Å². The smallest absolute Gasteiger partial charge is 0.311 e. The summed E-state index contributed by atoms with van der Waals surface area (Å²) in [6.45, 7) is 1.49. The van der Waals surface area contributed by atoms with Crippen molar-refractivity contribution in [2.24, 2.45) is 0 Å². The lowest BCUT2D eigenvalue weighted by Crippen LogP contribution is -2.10. The van der Waals surface area contributed by atoms with E-state index in [0.717, 1.165) is 16.6 Å². The van der Waals surface area contributed by atoms with Gasteiger partial charge in [0.1, 0.15) is 0 Å². The maximum absolute atomic E-state index is 13.5. The Morgan fingerprint density at radius 1 is 0.889 bits per heavy atom. The van der Waals surface area contributed by atoms with Gasteiger partial charge in [-0.2, -0.15) is 0 Å². The maximum atomic E-state index is 13.5. The number of rotatable bonds is 9. The first-order valence-corrected chi connectivity index (χ1v) is 11.7.